The average Bonchev–Trinajstić information content (AvgIpc) is 3.62. The van der Waals surface area contributed by atoms with Crippen LogP contribution in [-0.2, 0) is 36.5 Å². The number of nitrogens with zero attached hydrogens (tertiary/aromatic N) is 6. The van der Waals surface area contributed by atoms with Crippen molar-refractivity contribution in [1.29, 1.82) is 0 Å². The lowest BCUT2D eigenvalue weighted by Gasteiger charge is -2.42. The van der Waals surface area contributed by atoms with Gasteiger partial charge in [-0.15, -0.1) is 0 Å². The first-order valence-electron chi connectivity index (χ1n) is 13.3. The second-order valence-electron chi connectivity index (χ2n) is 11.2. The van der Waals surface area contributed by atoms with E-state index in [2.05, 4.69) is 22.1 Å². The highest BCUT2D eigenvalue weighted by molar-refractivity contribution is 7.98. The van der Waals surface area contributed by atoms with Gasteiger partial charge >= 0.3 is 0 Å². The highest BCUT2D eigenvalue weighted by atomic mass is 35.5. The molecule has 0 saturated heterocycles. The summed E-state index contributed by atoms with van der Waals surface area (Å²) in [5.74, 6) is 2.18. The molecule has 10 heteroatoms. The number of thioether (sulfide) groups is 1. The zero-order chi connectivity index (χ0) is 26.2. The van der Waals surface area contributed by atoms with Gasteiger partial charge in [-0.3, -0.25) is 9.48 Å². The third-order valence-electron chi connectivity index (χ3n) is 8.54. The monoisotopic (exact) mass is 550 g/mol. The van der Waals surface area contributed by atoms with Crippen LogP contribution in [0.3, 0.4) is 0 Å². The Morgan fingerprint density at radius 3 is 2.92 bits per heavy atom. The van der Waals surface area contributed by atoms with Crippen LogP contribution < -0.4 is 4.90 Å². The van der Waals surface area contributed by atoms with Crippen LogP contribution in [0.4, 0.5) is 5.82 Å². The van der Waals surface area contributed by atoms with Crippen molar-refractivity contribution < 1.29 is 9.53 Å². The predicted molar refractivity (Wildman–Crippen MR) is 147 cm³/mol. The lowest BCUT2D eigenvalue weighted by atomic mass is 9.75. The molecule has 2 aliphatic carbocycles. The molecule has 1 saturated carbocycles. The number of aryl methyl sites for hydroxylation is 1. The van der Waals surface area contributed by atoms with Crippen LogP contribution in [0.2, 0.25) is 5.02 Å². The second-order valence-corrected chi connectivity index (χ2v) is 12.4. The highest BCUT2D eigenvalue weighted by Gasteiger charge is 2.54. The van der Waals surface area contributed by atoms with Crippen molar-refractivity contribution in [2.45, 2.75) is 62.1 Å². The van der Waals surface area contributed by atoms with Crippen LogP contribution in [0, 0.1) is 5.92 Å². The Balaban J connectivity index is 1.25. The molecular formula is C28H31ClN6O2S. The summed E-state index contributed by atoms with van der Waals surface area (Å²) in [6.45, 7) is 2.74. The van der Waals surface area contributed by atoms with Gasteiger partial charge in [-0.1, -0.05) is 29.4 Å². The summed E-state index contributed by atoms with van der Waals surface area (Å²) in [5.41, 5.74) is 5.93. The Kier molecular flexibility index (Phi) is 5.76. The van der Waals surface area contributed by atoms with E-state index in [0.29, 0.717) is 30.7 Å². The standard InChI is InChI=1S/C28H31ClN6O2S/c1-33(2)26(36)23-11-18-14-34(7-4-8-35(18)32-23)25-21-15-37-28(13-24(21)30-27(31-25)38-3)12-16-9-20(16)19-6-5-17(29)10-22(19)28/h5-6,10-11,16,20H,4,7-9,12-15H2,1-3H3. The third kappa shape index (κ3) is 3.93. The summed E-state index contributed by atoms with van der Waals surface area (Å²) in [4.78, 5) is 26.5. The molecule has 3 unspecified atom stereocenters. The fourth-order valence-electron chi connectivity index (χ4n) is 6.59. The van der Waals surface area contributed by atoms with E-state index >= 15 is 0 Å². The van der Waals surface area contributed by atoms with Crippen molar-refractivity contribution in [3.8, 4) is 0 Å². The molecule has 1 aromatic carbocycles. The van der Waals surface area contributed by atoms with E-state index in [1.54, 1.807) is 30.8 Å². The van der Waals surface area contributed by atoms with E-state index < -0.39 is 0 Å². The SMILES string of the molecule is CSc1nc2c(c(N3CCCn4nc(C(=O)N(C)C)cc4C3)n1)COC1(C2)CC2CC2c2ccc(Cl)cc21. The molecular weight excluding hydrogens is 520 g/mol. The maximum atomic E-state index is 12.5. The summed E-state index contributed by atoms with van der Waals surface area (Å²) < 4.78 is 8.81. The minimum absolute atomic E-state index is 0.0781. The molecule has 3 aromatic rings. The van der Waals surface area contributed by atoms with Crippen LogP contribution in [0.1, 0.15) is 63.7 Å². The van der Waals surface area contributed by atoms with Crippen LogP contribution in [0.15, 0.2) is 29.4 Å². The van der Waals surface area contributed by atoms with Gasteiger partial charge in [0.05, 0.1) is 30.1 Å². The van der Waals surface area contributed by atoms with Crippen molar-refractivity contribution >= 4 is 35.1 Å². The molecule has 4 heterocycles. The molecule has 4 aliphatic rings. The molecule has 7 rings (SSSR count). The first kappa shape index (κ1) is 24.4. The molecule has 2 aliphatic heterocycles. The van der Waals surface area contributed by atoms with E-state index in [1.165, 1.54) is 17.5 Å². The minimum atomic E-state index is -0.384. The van der Waals surface area contributed by atoms with Crippen molar-refractivity contribution in [3.63, 3.8) is 0 Å². The van der Waals surface area contributed by atoms with Crippen molar-refractivity contribution in [2.24, 2.45) is 5.92 Å². The Morgan fingerprint density at radius 2 is 2.11 bits per heavy atom. The van der Waals surface area contributed by atoms with Gasteiger partial charge in [-0.25, -0.2) is 9.97 Å². The van der Waals surface area contributed by atoms with E-state index in [9.17, 15) is 4.79 Å². The number of aromatic nitrogens is 4. The van der Waals surface area contributed by atoms with Crippen molar-refractivity contribution in [3.05, 3.63) is 63.1 Å². The topological polar surface area (TPSA) is 76.4 Å². The maximum absolute atomic E-state index is 12.5. The normalized spacial score (nSPS) is 25.2. The van der Waals surface area contributed by atoms with Crippen LogP contribution in [0.25, 0.3) is 0 Å². The van der Waals surface area contributed by atoms with E-state index in [1.807, 2.05) is 23.1 Å². The number of carbonyl (C=O) groups excluding carboxylic acids is 1. The molecule has 0 N–H and O–H groups in total. The number of benzene rings is 1. The fourth-order valence-corrected chi connectivity index (χ4v) is 7.14. The summed E-state index contributed by atoms with van der Waals surface area (Å²) >= 11 is 8.06. The van der Waals surface area contributed by atoms with Gasteiger partial charge < -0.3 is 14.5 Å². The number of hydrogen-bond donors (Lipinski definition) is 0. The zero-order valence-corrected chi connectivity index (χ0v) is 23.5. The number of anilines is 1. The Hall–Kier alpha value is -2.62. The van der Waals surface area contributed by atoms with Gasteiger partial charge in [-0.05, 0) is 66.7 Å². The minimum Gasteiger partial charge on any atom is -0.365 e. The molecule has 8 nitrogen and oxygen atoms in total. The predicted octanol–water partition coefficient (Wildman–Crippen LogP) is 4.64. The summed E-state index contributed by atoms with van der Waals surface area (Å²) in [7, 11) is 3.51. The first-order chi connectivity index (χ1) is 18.3. The molecule has 1 amide bonds. The smallest absolute Gasteiger partial charge is 0.273 e. The van der Waals surface area contributed by atoms with Gasteiger partial charge in [0.15, 0.2) is 10.9 Å². The molecule has 2 aromatic heterocycles. The van der Waals surface area contributed by atoms with Crippen molar-refractivity contribution in [2.75, 3.05) is 31.8 Å². The van der Waals surface area contributed by atoms with Crippen LogP contribution in [0.5, 0.6) is 0 Å². The van der Waals surface area contributed by atoms with Crippen molar-refractivity contribution in [1.82, 2.24) is 24.6 Å². The number of fused-ring (bicyclic) bond motifs is 6. The molecule has 198 valence electrons. The molecule has 0 bridgehead atoms. The Morgan fingerprint density at radius 1 is 1.24 bits per heavy atom. The lowest BCUT2D eigenvalue weighted by Crippen LogP contribution is -2.40. The highest BCUT2D eigenvalue weighted by Crippen LogP contribution is 2.62. The average molecular weight is 551 g/mol. The Bertz CT molecular complexity index is 1460. The number of carbonyl (C=O) groups is 1. The Labute approximate surface area is 231 Å². The molecule has 38 heavy (non-hydrogen) atoms. The maximum Gasteiger partial charge on any atom is 0.273 e. The molecule has 1 spiro atoms. The third-order valence-corrected chi connectivity index (χ3v) is 9.32. The number of halogens is 1. The number of hydrogen-bond acceptors (Lipinski definition) is 7. The summed E-state index contributed by atoms with van der Waals surface area (Å²) in [5, 5.41) is 6.15. The van der Waals surface area contributed by atoms with Gasteiger partial charge in [0.2, 0.25) is 0 Å². The molecule has 3 atom stereocenters. The van der Waals surface area contributed by atoms with E-state index in [0.717, 1.165) is 65.3 Å². The molecule has 1 fully saturated rings. The van der Waals surface area contributed by atoms with Gasteiger partial charge in [0, 0.05) is 44.2 Å². The van der Waals surface area contributed by atoms with Gasteiger partial charge in [0.25, 0.3) is 5.91 Å². The summed E-state index contributed by atoms with van der Waals surface area (Å²) in [6.07, 6.45) is 5.93. The van der Waals surface area contributed by atoms with E-state index in [-0.39, 0.29) is 11.5 Å². The number of rotatable bonds is 3. The van der Waals surface area contributed by atoms with Gasteiger partial charge in [-0.2, -0.15) is 5.10 Å². The second kappa shape index (κ2) is 8.96. The molecule has 0 radical (unpaired) electrons. The fraction of sp³-hybridized carbons (Fsp3) is 0.500. The first-order valence-corrected chi connectivity index (χ1v) is 14.9. The zero-order valence-electron chi connectivity index (χ0n) is 21.9. The van der Waals surface area contributed by atoms with E-state index in [4.69, 9.17) is 26.3 Å². The van der Waals surface area contributed by atoms with Crippen LogP contribution in [-0.4, -0.2) is 57.5 Å². The van der Waals surface area contributed by atoms with Gasteiger partial charge in [0.1, 0.15) is 5.82 Å². The lowest BCUT2D eigenvalue weighted by molar-refractivity contribution is -0.0876. The number of ether oxygens (including phenoxy) is 1. The van der Waals surface area contributed by atoms with Crippen LogP contribution >= 0.6 is 23.4 Å². The summed E-state index contributed by atoms with van der Waals surface area (Å²) in [6, 6.07) is 8.26. The quantitative estimate of drug-likeness (QED) is 0.347. The largest absolute Gasteiger partial charge is 0.365 e. The number of amides is 1.